The molecule has 1 saturated heterocycles. The fourth-order valence-electron chi connectivity index (χ4n) is 3.39. The maximum absolute atomic E-state index is 5.89. The Morgan fingerprint density at radius 2 is 1.87 bits per heavy atom. The summed E-state index contributed by atoms with van der Waals surface area (Å²) >= 11 is 0. The molecule has 0 aromatic heterocycles. The molecule has 1 aliphatic carbocycles. The zero-order valence-electron chi connectivity index (χ0n) is 10.4. The molecule has 1 heterocycles. The van der Waals surface area contributed by atoms with Crippen LogP contribution in [0.25, 0.3) is 0 Å². The molecule has 15 heavy (non-hydrogen) atoms. The van der Waals surface area contributed by atoms with Crippen LogP contribution in [0.3, 0.4) is 0 Å². The molecule has 0 amide bonds. The van der Waals surface area contributed by atoms with E-state index in [1.807, 2.05) is 0 Å². The van der Waals surface area contributed by atoms with Gasteiger partial charge in [-0.05, 0) is 30.6 Å². The van der Waals surface area contributed by atoms with Crippen molar-refractivity contribution in [3.63, 3.8) is 0 Å². The van der Waals surface area contributed by atoms with Crippen LogP contribution in [0, 0.1) is 17.8 Å². The van der Waals surface area contributed by atoms with Crippen molar-refractivity contribution in [1.29, 1.82) is 0 Å². The van der Waals surface area contributed by atoms with Crippen molar-refractivity contribution in [2.75, 3.05) is 13.1 Å². The van der Waals surface area contributed by atoms with Crippen LogP contribution in [-0.2, 0) is 0 Å². The minimum absolute atomic E-state index is 0.454. The van der Waals surface area contributed by atoms with Gasteiger partial charge in [0.1, 0.15) is 0 Å². The molecule has 2 aliphatic rings. The van der Waals surface area contributed by atoms with Crippen molar-refractivity contribution in [3.05, 3.63) is 0 Å². The SMILES string of the molecule is CC1CCC(C(C)C)C(N2CC(N)C2)C1. The lowest BCUT2D eigenvalue weighted by atomic mass is 9.72. The smallest absolute Gasteiger partial charge is 0.0297 e. The molecule has 2 nitrogen and oxygen atoms in total. The number of likely N-dealkylation sites (tertiary alicyclic amines) is 1. The summed E-state index contributed by atoms with van der Waals surface area (Å²) in [4.78, 5) is 2.63. The Morgan fingerprint density at radius 1 is 1.20 bits per heavy atom. The van der Waals surface area contributed by atoms with E-state index in [1.165, 1.54) is 19.3 Å². The van der Waals surface area contributed by atoms with Crippen LogP contribution in [0.5, 0.6) is 0 Å². The molecular formula is C13H26N2. The van der Waals surface area contributed by atoms with E-state index in [4.69, 9.17) is 5.73 Å². The highest BCUT2D eigenvalue weighted by Gasteiger charge is 2.38. The molecule has 2 heteroatoms. The second-order valence-electron chi connectivity index (χ2n) is 6.11. The summed E-state index contributed by atoms with van der Waals surface area (Å²) in [5, 5.41) is 0. The minimum atomic E-state index is 0.454. The Labute approximate surface area is 94.2 Å². The van der Waals surface area contributed by atoms with Gasteiger partial charge in [-0.1, -0.05) is 27.2 Å². The first-order valence-electron chi connectivity index (χ1n) is 6.57. The molecule has 0 bridgehead atoms. The molecule has 0 aromatic carbocycles. The van der Waals surface area contributed by atoms with E-state index in [0.29, 0.717) is 6.04 Å². The van der Waals surface area contributed by atoms with Crippen molar-refractivity contribution in [2.24, 2.45) is 23.5 Å². The first-order chi connectivity index (χ1) is 7.08. The molecule has 2 fully saturated rings. The summed E-state index contributed by atoms with van der Waals surface area (Å²) in [6.07, 6.45) is 4.25. The Bertz CT molecular complexity index is 209. The Morgan fingerprint density at radius 3 is 2.40 bits per heavy atom. The third-order valence-corrected chi connectivity index (χ3v) is 4.39. The molecule has 3 unspecified atom stereocenters. The van der Waals surface area contributed by atoms with Crippen molar-refractivity contribution < 1.29 is 0 Å². The van der Waals surface area contributed by atoms with Gasteiger partial charge >= 0.3 is 0 Å². The predicted octanol–water partition coefficient (Wildman–Crippen LogP) is 2.09. The average Bonchev–Trinajstić information content (AvgIpc) is 2.12. The van der Waals surface area contributed by atoms with E-state index in [0.717, 1.165) is 36.9 Å². The van der Waals surface area contributed by atoms with Crippen LogP contribution in [0.1, 0.15) is 40.0 Å². The largest absolute Gasteiger partial charge is 0.325 e. The van der Waals surface area contributed by atoms with Crippen LogP contribution in [0.4, 0.5) is 0 Å². The third kappa shape index (κ3) is 2.36. The summed E-state index contributed by atoms with van der Waals surface area (Å²) in [6, 6.07) is 1.28. The molecule has 88 valence electrons. The first-order valence-corrected chi connectivity index (χ1v) is 6.57. The normalized spacial score (nSPS) is 39.4. The Hall–Kier alpha value is -0.0800. The van der Waals surface area contributed by atoms with Gasteiger partial charge in [0.25, 0.3) is 0 Å². The quantitative estimate of drug-likeness (QED) is 0.756. The van der Waals surface area contributed by atoms with Crippen LogP contribution in [0.2, 0.25) is 0 Å². The molecular weight excluding hydrogens is 184 g/mol. The van der Waals surface area contributed by atoms with Crippen molar-refractivity contribution in [2.45, 2.75) is 52.1 Å². The van der Waals surface area contributed by atoms with Gasteiger partial charge in [-0.25, -0.2) is 0 Å². The molecule has 0 aromatic rings. The molecule has 1 saturated carbocycles. The van der Waals surface area contributed by atoms with E-state index in [2.05, 4.69) is 25.7 Å². The summed E-state index contributed by atoms with van der Waals surface area (Å²) < 4.78 is 0. The van der Waals surface area contributed by atoms with Crippen LogP contribution < -0.4 is 5.73 Å². The fraction of sp³-hybridized carbons (Fsp3) is 1.00. The van der Waals surface area contributed by atoms with Crippen molar-refractivity contribution in [1.82, 2.24) is 4.90 Å². The highest BCUT2D eigenvalue weighted by molar-refractivity contribution is 4.94. The number of hydrogen-bond donors (Lipinski definition) is 1. The monoisotopic (exact) mass is 210 g/mol. The topological polar surface area (TPSA) is 29.3 Å². The van der Waals surface area contributed by atoms with Gasteiger partial charge < -0.3 is 5.73 Å². The lowest BCUT2D eigenvalue weighted by Gasteiger charge is -2.50. The predicted molar refractivity (Wildman–Crippen MR) is 64.7 cm³/mol. The second-order valence-corrected chi connectivity index (χ2v) is 6.11. The average molecular weight is 210 g/mol. The lowest BCUT2D eigenvalue weighted by molar-refractivity contribution is 0.00784. The highest BCUT2D eigenvalue weighted by Crippen LogP contribution is 2.37. The minimum Gasteiger partial charge on any atom is -0.325 e. The van der Waals surface area contributed by atoms with Crippen LogP contribution >= 0.6 is 0 Å². The standard InChI is InChI=1S/C13H26N2/c1-9(2)12-5-4-10(3)6-13(12)15-7-11(14)8-15/h9-13H,4-8,14H2,1-3H3. The van der Waals surface area contributed by atoms with Gasteiger partial charge in [-0.2, -0.15) is 0 Å². The van der Waals surface area contributed by atoms with E-state index in [9.17, 15) is 0 Å². The Balaban J connectivity index is 1.97. The molecule has 3 atom stereocenters. The van der Waals surface area contributed by atoms with Gasteiger partial charge in [0.05, 0.1) is 0 Å². The number of nitrogens with zero attached hydrogens (tertiary/aromatic N) is 1. The van der Waals surface area contributed by atoms with E-state index in [-0.39, 0.29) is 0 Å². The fourth-order valence-corrected chi connectivity index (χ4v) is 3.39. The molecule has 1 aliphatic heterocycles. The maximum atomic E-state index is 5.89. The summed E-state index contributed by atoms with van der Waals surface area (Å²) in [5.74, 6) is 2.66. The van der Waals surface area contributed by atoms with Gasteiger partial charge in [-0.15, -0.1) is 0 Å². The highest BCUT2D eigenvalue weighted by atomic mass is 15.2. The Kier molecular flexibility index (Phi) is 3.36. The lowest BCUT2D eigenvalue weighted by Crippen LogP contribution is -2.62. The van der Waals surface area contributed by atoms with Crippen molar-refractivity contribution >= 4 is 0 Å². The van der Waals surface area contributed by atoms with Gasteiger partial charge in [0, 0.05) is 25.2 Å². The van der Waals surface area contributed by atoms with Gasteiger partial charge in [-0.3, -0.25) is 4.90 Å². The van der Waals surface area contributed by atoms with Crippen LogP contribution in [-0.4, -0.2) is 30.1 Å². The second kappa shape index (κ2) is 4.42. The molecule has 2 N–H and O–H groups in total. The first kappa shape index (κ1) is 11.4. The zero-order chi connectivity index (χ0) is 11.0. The molecule has 0 spiro atoms. The van der Waals surface area contributed by atoms with E-state index < -0.39 is 0 Å². The number of rotatable bonds is 2. The van der Waals surface area contributed by atoms with Gasteiger partial charge in [0.15, 0.2) is 0 Å². The summed E-state index contributed by atoms with van der Waals surface area (Å²) in [7, 11) is 0. The van der Waals surface area contributed by atoms with E-state index >= 15 is 0 Å². The number of hydrogen-bond acceptors (Lipinski definition) is 2. The van der Waals surface area contributed by atoms with Crippen LogP contribution in [0.15, 0.2) is 0 Å². The van der Waals surface area contributed by atoms with E-state index in [1.54, 1.807) is 0 Å². The third-order valence-electron chi connectivity index (χ3n) is 4.39. The zero-order valence-corrected chi connectivity index (χ0v) is 10.4. The van der Waals surface area contributed by atoms with Gasteiger partial charge in [0.2, 0.25) is 0 Å². The molecule has 0 radical (unpaired) electrons. The maximum Gasteiger partial charge on any atom is 0.0297 e. The summed E-state index contributed by atoms with van der Waals surface area (Å²) in [5.41, 5.74) is 5.89. The number of nitrogens with two attached hydrogens (primary N) is 1. The molecule has 2 rings (SSSR count). The summed E-state index contributed by atoms with van der Waals surface area (Å²) in [6.45, 7) is 9.45. The van der Waals surface area contributed by atoms with Crippen molar-refractivity contribution in [3.8, 4) is 0 Å².